The zero-order chi connectivity index (χ0) is 14.4. The number of hydrogen-bond donors (Lipinski definition) is 1. The third-order valence-corrected chi connectivity index (χ3v) is 5.09. The molecule has 1 aliphatic carbocycles. The lowest BCUT2D eigenvalue weighted by atomic mass is 10.1. The quantitative estimate of drug-likeness (QED) is 0.778. The molecule has 0 amide bonds. The molecular weight excluding hydrogens is 308 g/mol. The summed E-state index contributed by atoms with van der Waals surface area (Å²) in [6, 6.07) is 4.96. The van der Waals surface area contributed by atoms with Gasteiger partial charge in [0.2, 0.25) is 4.96 Å². The lowest BCUT2D eigenvalue weighted by Gasteiger charge is -2.04. The number of aromatic hydroxyl groups is 1. The van der Waals surface area contributed by atoms with E-state index in [2.05, 4.69) is 15.3 Å². The first-order valence-electron chi connectivity index (χ1n) is 6.93. The predicted molar refractivity (Wildman–Crippen MR) is 82.0 cm³/mol. The molecule has 3 aromatic rings. The Bertz CT molecular complexity index is 807. The van der Waals surface area contributed by atoms with Crippen LogP contribution < -0.4 is 0 Å². The van der Waals surface area contributed by atoms with Crippen LogP contribution in [-0.4, -0.2) is 24.9 Å². The molecular formula is C14H13ClN4OS. The third kappa shape index (κ3) is 2.18. The standard InChI is InChI=1S/C14H13ClN4OS/c15-9-5-6-11(20)10(7-9)13-18-19-12(8-3-1-2-4-8)16-17-14(19)21-13/h5-8,20H,1-4H2. The van der Waals surface area contributed by atoms with E-state index in [1.54, 1.807) is 18.2 Å². The van der Waals surface area contributed by atoms with E-state index in [1.807, 2.05) is 4.52 Å². The van der Waals surface area contributed by atoms with Crippen LogP contribution in [0.3, 0.4) is 0 Å². The number of halogens is 1. The van der Waals surface area contributed by atoms with Crippen LogP contribution in [0.1, 0.15) is 37.4 Å². The Hall–Kier alpha value is -1.66. The zero-order valence-electron chi connectivity index (χ0n) is 11.2. The monoisotopic (exact) mass is 320 g/mol. The van der Waals surface area contributed by atoms with Crippen molar-refractivity contribution in [2.75, 3.05) is 0 Å². The molecule has 0 radical (unpaired) electrons. The molecule has 1 fully saturated rings. The minimum atomic E-state index is 0.173. The molecule has 0 spiro atoms. The summed E-state index contributed by atoms with van der Waals surface area (Å²) in [7, 11) is 0. The maximum atomic E-state index is 9.99. The lowest BCUT2D eigenvalue weighted by Crippen LogP contribution is -2.01. The molecule has 1 aliphatic rings. The predicted octanol–water partition coefficient (Wildman–Crippen LogP) is 3.87. The summed E-state index contributed by atoms with van der Waals surface area (Å²) >= 11 is 7.42. The van der Waals surface area contributed by atoms with E-state index in [9.17, 15) is 5.11 Å². The van der Waals surface area contributed by atoms with E-state index in [-0.39, 0.29) is 5.75 Å². The van der Waals surface area contributed by atoms with E-state index >= 15 is 0 Å². The molecule has 108 valence electrons. The second-order valence-electron chi connectivity index (χ2n) is 5.30. The average Bonchev–Trinajstić information content (AvgIpc) is 3.15. The van der Waals surface area contributed by atoms with Crippen LogP contribution in [0.2, 0.25) is 5.02 Å². The fourth-order valence-electron chi connectivity index (χ4n) is 2.86. The van der Waals surface area contributed by atoms with Gasteiger partial charge in [-0.05, 0) is 31.0 Å². The number of phenols is 1. The van der Waals surface area contributed by atoms with E-state index < -0.39 is 0 Å². The fourth-order valence-corrected chi connectivity index (χ4v) is 3.90. The van der Waals surface area contributed by atoms with Crippen LogP contribution >= 0.6 is 22.9 Å². The molecule has 7 heteroatoms. The molecule has 2 aromatic heterocycles. The van der Waals surface area contributed by atoms with Gasteiger partial charge >= 0.3 is 0 Å². The first-order valence-corrected chi connectivity index (χ1v) is 8.13. The maximum absolute atomic E-state index is 9.99. The van der Waals surface area contributed by atoms with Gasteiger partial charge in [0.15, 0.2) is 10.8 Å². The third-order valence-electron chi connectivity index (χ3n) is 3.92. The highest BCUT2D eigenvalue weighted by atomic mass is 35.5. The summed E-state index contributed by atoms with van der Waals surface area (Å²) in [6.45, 7) is 0. The number of hydrogen-bond acceptors (Lipinski definition) is 5. The molecule has 0 bridgehead atoms. The summed E-state index contributed by atoms with van der Waals surface area (Å²) in [5.41, 5.74) is 0.635. The van der Waals surface area contributed by atoms with Gasteiger partial charge < -0.3 is 5.11 Å². The number of nitrogens with zero attached hydrogens (tertiary/aromatic N) is 4. The molecule has 1 saturated carbocycles. The first-order chi connectivity index (χ1) is 10.2. The fraction of sp³-hybridized carbons (Fsp3) is 0.357. The van der Waals surface area contributed by atoms with Crippen molar-refractivity contribution in [1.29, 1.82) is 0 Å². The largest absolute Gasteiger partial charge is 0.507 e. The normalized spacial score (nSPS) is 16.0. The van der Waals surface area contributed by atoms with Crippen LogP contribution in [0.15, 0.2) is 18.2 Å². The molecule has 1 N–H and O–H groups in total. The summed E-state index contributed by atoms with van der Waals surface area (Å²) in [6.07, 6.45) is 4.78. The number of rotatable bonds is 2. The van der Waals surface area contributed by atoms with Gasteiger partial charge in [0.05, 0.1) is 5.56 Å². The van der Waals surface area contributed by atoms with Gasteiger partial charge in [0.25, 0.3) is 0 Å². The highest BCUT2D eigenvalue weighted by Gasteiger charge is 2.24. The van der Waals surface area contributed by atoms with Crippen molar-refractivity contribution in [3.05, 3.63) is 29.0 Å². The van der Waals surface area contributed by atoms with Gasteiger partial charge in [-0.25, -0.2) is 0 Å². The van der Waals surface area contributed by atoms with Gasteiger partial charge in [-0.15, -0.1) is 10.2 Å². The Morgan fingerprint density at radius 3 is 2.86 bits per heavy atom. The minimum absolute atomic E-state index is 0.173. The summed E-state index contributed by atoms with van der Waals surface area (Å²) in [4.78, 5) is 0.756. The Kier molecular flexibility index (Phi) is 3.08. The number of phenolic OH excluding ortho intramolecular Hbond substituents is 1. The topological polar surface area (TPSA) is 63.3 Å². The molecule has 4 rings (SSSR count). The first kappa shape index (κ1) is 13.0. The van der Waals surface area contributed by atoms with Crippen molar-refractivity contribution in [2.45, 2.75) is 31.6 Å². The van der Waals surface area contributed by atoms with Crippen molar-refractivity contribution >= 4 is 27.9 Å². The Morgan fingerprint density at radius 1 is 1.24 bits per heavy atom. The molecule has 21 heavy (non-hydrogen) atoms. The molecule has 2 heterocycles. The average molecular weight is 321 g/mol. The van der Waals surface area contributed by atoms with Gasteiger partial charge in [0, 0.05) is 10.9 Å². The van der Waals surface area contributed by atoms with Crippen LogP contribution in [0.4, 0.5) is 0 Å². The maximum Gasteiger partial charge on any atom is 0.234 e. The number of aromatic nitrogens is 4. The van der Waals surface area contributed by atoms with Crippen LogP contribution in [0.5, 0.6) is 5.75 Å². The zero-order valence-corrected chi connectivity index (χ0v) is 12.7. The van der Waals surface area contributed by atoms with Gasteiger partial charge in [-0.2, -0.15) is 9.61 Å². The Morgan fingerprint density at radius 2 is 2.05 bits per heavy atom. The van der Waals surface area contributed by atoms with Crippen LogP contribution in [0, 0.1) is 0 Å². The highest BCUT2D eigenvalue weighted by molar-refractivity contribution is 7.19. The summed E-state index contributed by atoms with van der Waals surface area (Å²) in [5.74, 6) is 1.56. The lowest BCUT2D eigenvalue weighted by molar-refractivity contribution is 0.477. The van der Waals surface area contributed by atoms with Crippen molar-refractivity contribution in [3.63, 3.8) is 0 Å². The second kappa shape index (κ2) is 4.96. The number of fused-ring (bicyclic) bond motifs is 1. The van der Waals surface area contributed by atoms with Gasteiger partial charge in [-0.1, -0.05) is 35.8 Å². The highest BCUT2D eigenvalue weighted by Crippen LogP contribution is 2.37. The Balaban J connectivity index is 1.82. The van der Waals surface area contributed by atoms with Gasteiger partial charge in [-0.3, -0.25) is 0 Å². The van der Waals surface area contributed by atoms with E-state index in [0.717, 1.165) is 23.6 Å². The van der Waals surface area contributed by atoms with Crippen molar-refractivity contribution in [1.82, 2.24) is 19.8 Å². The molecule has 0 saturated heterocycles. The summed E-state index contributed by atoms with van der Waals surface area (Å²) in [5, 5.41) is 24.4. The SMILES string of the molecule is Oc1ccc(Cl)cc1-c1nn2c(C3CCCC3)nnc2s1. The van der Waals surface area contributed by atoms with Crippen molar-refractivity contribution in [2.24, 2.45) is 0 Å². The van der Waals surface area contributed by atoms with Gasteiger partial charge in [0.1, 0.15) is 5.75 Å². The molecule has 0 unspecified atom stereocenters. The molecule has 1 aromatic carbocycles. The number of benzene rings is 1. The smallest absolute Gasteiger partial charge is 0.234 e. The van der Waals surface area contributed by atoms with E-state index in [1.165, 1.54) is 24.2 Å². The van der Waals surface area contributed by atoms with E-state index in [0.29, 0.717) is 21.5 Å². The van der Waals surface area contributed by atoms with Crippen LogP contribution in [0.25, 0.3) is 15.5 Å². The second-order valence-corrected chi connectivity index (χ2v) is 6.70. The van der Waals surface area contributed by atoms with Crippen molar-refractivity contribution < 1.29 is 5.11 Å². The van der Waals surface area contributed by atoms with Crippen LogP contribution in [-0.2, 0) is 0 Å². The summed E-state index contributed by atoms with van der Waals surface area (Å²) < 4.78 is 1.82. The minimum Gasteiger partial charge on any atom is -0.507 e. The Labute approximate surface area is 130 Å². The van der Waals surface area contributed by atoms with Crippen molar-refractivity contribution in [3.8, 4) is 16.3 Å². The van der Waals surface area contributed by atoms with E-state index in [4.69, 9.17) is 11.6 Å². The molecule has 5 nitrogen and oxygen atoms in total. The molecule has 0 aliphatic heterocycles. The molecule has 0 atom stereocenters.